The van der Waals surface area contributed by atoms with Crippen molar-refractivity contribution in [2.75, 3.05) is 0 Å². The molecule has 0 aliphatic heterocycles. The number of ether oxygens (including phenoxy) is 1. The van der Waals surface area contributed by atoms with E-state index in [0.717, 1.165) is 0 Å². The summed E-state index contributed by atoms with van der Waals surface area (Å²) >= 11 is 0. The molecule has 1 unspecified atom stereocenters. The molecule has 0 saturated heterocycles. The van der Waals surface area contributed by atoms with Crippen molar-refractivity contribution in [2.24, 2.45) is 0 Å². The number of Topliss-reactive ketones (excluding diaryl/α,β-unsaturated/α-hetero) is 1. The molecule has 0 radical (unpaired) electrons. The lowest BCUT2D eigenvalue weighted by molar-refractivity contribution is -0.203. The molecular formula is C16H11F3O3. The van der Waals surface area contributed by atoms with Gasteiger partial charge in [-0.25, -0.2) is 4.79 Å². The quantitative estimate of drug-likeness (QED) is 0.639. The molecule has 2 aromatic carbocycles. The van der Waals surface area contributed by atoms with Gasteiger partial charge in [0.05, 0.1) is 0 Å². The fourth-order valence-corrected chi connectivity index (χ4v) is 1.83. The van der Waals surface area contributed by atoms with E-state index in [2.05, 4.69) is 4.74 Å². The monoisotopic (exact) mass is 308 g/mol. The van der Waals surface area contributed by atoms with Crippen molar-refractivity contribution in [3.63, 3.8) is 0 Å². The highest BCUT2D eigenvalue weighted by Gasteiger charge is 2.43. The van der Waals surface area contributed by atoms with Gasteiger partial charge < -0.3 is 4.74 Å². The van der Waals surface area contributed by atoms with Crippen molar-refractivity contribution in [1.29, 1.82) is 0 Å². The van der Waals surface area contributed by atoms with Crippen LogP contribution < -0.4 is 0 Å². The second kappa shape index (κ2) is 6.43. The molecule has 0 saturated carbocycles. The van der Waals surface area contributed by atoms with Gasteiger partial charge in [0, 0.05) is 11.1 Å². The van der Waals surface area contributed by atoms with Crippen molar-refractivity contribution in [3.8, 4) is 0 Å². The van der Waals surface area contributed by atoms with Crippen LogP contribution in [0, 0.1) is 0 Å². The van der Waals surface area contributed by atoms with Gasteiger partial charge >= 0.3 is 12.1 Å². The number of carbonyl (C=O) groups is 2. The summed E-state index contributed by atoms with van der Waals surface area (Å²) in [5.41, 5.74) is 0.334. The number of ketones is 1. The molecular weight excluding hydrogens is 297 g/mol. The first kappa shape index (κ1) is 15.8. The van der Waals surface area contributed by atoms with Crippen LogP contribution in [0.2, 0.25) is 0 Å². The lowest BCUT2D eigenvalue weighted by Gasteiger charge is -2.18. The molecule has 0 heterocycles. The molecule has 22 heavy (non-hydrogen) atoms. The topological polar surface area (TPSA) is 43.4 Å². The van der Waals surface area contributed by atoms with E-state index in [0.29, 0.717) is 0 Å². The Labute approximate surface area is 124 Å². The van der Waals surface area contributed by atoms with E-state index >= 15 is 0 Å². The predicted molar refractivity (Wildman–Crippen MR) is 72.1 cm³/mol. The van der Waals surface area contributed by atoms with Crippen LogP contribution in [0.3, 0.4) is 0 Å². The number of benzene rings is 2. The number of hydrogen-bond acceptors (Lipinski definition) is 3. The van der Waals surface area contributed by atoms with Crippen molar-refractivity contribution in [1.82, 2.24) is 0 Å². The van der Waals surface area contributed by atoms with E-state index < -0.39 is 24.0 Å². The third-order valence-electron chi connectivity index (χ3n) is 2.86. The SMILES string of the molecule is O=C(c1ccccc1)C(OC(=O)C(F)(F)F)c1ccccc1. The number of hydrogen-bond donors (Lipinski definition) is 0. The normalized spacial score (nSPS) is 12.5. The Morgan fingerprint density at radius 3 is 1.86 bits per heavy atom. The molecule has 3 nitrogen and oxygen atoms in total. The number of rotatable bonds is 4. The summed E-state index contributed by atoms with van der Waals surface area (Å²) in [5, 5.41) is 0. The van der Waals surface area contributed by atoms with Gasteiger partial charge in [0.25, 0.3) is 0 Å². The summed E-state index contributed by atoms with van der Waals surface area (Å²) in [6.07, 6.45) is -6.80. The number of alkyl halides is 3. The Morgan fingerprint density at radius 1 is 0.864 bits per heavy atom. The number of halogens is 3. The average molecular weight is 308 g/mol. The Balaban J connectivity index is 2.34. The molecule has 0 fully saturated rings. The molecule has 6 heteroatoms. The van der Waals surface area contributed by atoms with E-state index in [1.165, 1.54) is 24.3 Å². The van der Waals surface area contributed by atoms with Crippen LogP contribution in [0.15, 0.2) is 60.7 Å². The van der Waals surface area contributed by atoms with Crippen LogP contribution in [-0.4, -0.2) is 17.9 Å². The molecule has 0 bridgehead atoms. The molecule has 2 aromatic rings. The second-order valence-corrected chi connectivity index (χ2v) is 4.42. The predicted octanol–water partition coefficient (Wildman–Crippen LogP) is 3.72. The van der Waals surface area contributed by atoms with Crippen LogP contribution in [0.25, 0.3) is 0 Å². The Morgan fingerprint density at radius 2 is 1.36 bits per heavy atom. The maximum atomic E-state index is 12.4. The molecule has 0 N–H and O–H groups in total. The highest BCUT2D eigenvalue weighted by Crippen LogP contribution is 2.26. The zero-order chi connectivity index (χ0) is 16.2. The van der Waals surface area contributed by atoms with Gasteiger partial charge in [-0.15, -0.1) is 0 Å². The van der Waals surface area contributed by atoms with Gasteiger partial charge in [-0.1, -0.05) is 60.7 Å². The highest BCUT2D eigenvalue weighted by atomic mass is 19.4. The first-order chi connectivity index (χ1) is 10.4. The summed E-state index contributed by atoms with van der Waals surface area (Å²) in [6.45, 7) is 0. The molecule has 2 rings (SSSR count). The molecule has 0 aliphatic rings. The van der Waals surface area contributed by atoms with Crippen LogP contribution in [0.5, 0.6) is 0 Å². The lowest BCUT2D eigenvalue weighted by Crippen LogP contribution is -2.30. The fraction of sp³-hybridized carbons (Fsp3) is 0.125. The van der Waals surface area contributed by atoms with Gasteiger partial charge in [0.15, 0.2) is 6.10 Å². The largest absolute Gasteiger partial charge is 0.490 e. The van der Waals surface area contributed by atoms with Gasteiger partial charge in [-0.2, -0.15) is 13.2 Å². The van der Waals surface area contributed by atoms with Crippen LogP contribution in [0.4, 0.5) is 13.2 Å². The summed E-state index contributed by atoms with van der Waals surface area (Å²) in [7, 11) is 0. The number of carbonyl (C=O) groups excluding carboxylic acids is 2. The van der Waals surface area contributed by atoms with Crippen LogP contribution >= 0.6 is 0 Å². The maximum Gasteiger partial charge on any atom is 0.490 e. The molecule has 0 spiro atoms. The van der Waals surface area contributed by atoms with Crippen molar-refractivity contribution < 1.29 is 27.5 Å². The fourth-order valence-electron chi connectivity index (χ4n) is 1.83. The third-order valence-corrected chi connectivity index (χ3v) is 2.86. The molecule has 0 aromatic heterocycles. The van der Waals surface area contributed by atoms with Crippen molar-refractivity contribution in [2.45, 2.75) is 12.3 Å². The summed E-state index contributed by atoms with van der Waals surface area (Å²) in [6, 6.07) is 15.3. The van der Waals surface area contributed by atoms with Crippen LogP contribution in [0.1, 0.15) is 22.0 Å². The Kier molecular flexibility index (Phi) is 4.60. The first-order valence-electron chi connectivity index (χ1n) is 6.31. The van der Waals surface area contributed by atoms with Crippen molar-refractivity contribution in [3.05, 3.63) is 71.8 Å². The van der Waals surface area contributed by atoms with Gasteiger partial charge in [-0.3, -0.25) is 4.79 Å². The maximum absolute atomic E-state index is 12.4. The van der Waals surface area contributed by atoms with Gasteiger partial charge in [-0.05, 0) is 0 Å². The number of esters is 1. The zero-order valence-electron chi connectivity index (χ0n) is 11.2. The first-order valence-corrected chi connectivity index (χ1v) is 6.31. The Bertz CT molecular complexity index is 651. The Hall–Kier alpha value is -2.63. The van der Waals surface area contributed by atoms with Gasteiger partial charge in [0.2, 0.25) is 5.78 Å². The summed E-state index contributed by atoms with van der Waals surface area (Å²) in [4.78, 5) is 23.4. The van der Waals surface area contributed by atoms with Gasteiger partial charge in [0.1, 0.15) is 0 Å². The minimum atomic E-state index is -5.16. The zero-order valence-corrected chi connectivity index (χ0v) is 11.2. The van der Waals surface area contributed by atoms with E-state index in [4.69, 9.17) is 0 Å². The minimum Gasteiger partial charge on any atom is -0.442 e. The van der Waals surface area contributed by atoms with Crippen LogP contribution in [-0.2, 0) is 9.53 Å². The summed E-state index contributed by atoms with van der Waals surface area (Å²) in [5.74, 6) is -3.12. The lowest BCUT2D eigenvalue weighted by atomic mass is 10.00. The summed E-state index contributed by atoms with van der Waals surface area (Å²) < 4.78 is 41.6. The molecule has 1 atom stereocenters. The molecule has 0 amide bonds. The standard InChI is InChI=1S/C16H11F3O3/c17-16(18,19)15(21)22-14(12-9-5-2-6-10-12)13(20)11-7-3-1-4-8-11/h1-10,14H. The third kappa shape index (κ3) is 3.72. The molecule has 114 valence electrons. The van der Waals surface area contributed by atoms with Crippen molar-refractivity contribution >= 4 is 11.8 Å². The van der Waals surface area contributed by atoms with E-state index in [1.807, 2.05) is 0 Å². The second-order valence-electron chi connectivity index (χ2n) is 4.42. The van der Waals surface area contributed by atoms with E-state index in [1.54, 1.807) is 36.4 Å². The highest BCUT2D eigenvalue weighted by molar-refractivity contribution is 6.01. The smallest absolute Gasteiger partial charge is 0.442 e. The van der Waals surface area contributed by atoms with E-state index in [-0.39, 0.29) is 11.1 Å². The molecule has 0 aliphatic carbocycles. The van der Waals surface area contributed by atoms with E-state index in [9.17, 15) is 22.8 Å². The average Bonchev–Trinajstić information content (AvgIpc) is 2.52. The minimum absolute atomic E-state index is 0.159.